The number of nitrogens with two attached hydrogens (primary N) is 1. The number of hydrogen-bond acceptors (Lipinski definition) is 7. The number of anilines is 1. The number of thioether (sulfide) groups is 1. The number of nitrogens with one attached hydrogen (secondary N) is 1. The van der Waals surface area contributed by atoms with Crippen LogP contribution in [0.2, 0.25) is 0 Å². The fourth-order valence-corrected chi connectivity index (χ4v) is 5.95. The minimum Gasteiger partial charge on any atom is -0.325 e. The van der Waals surface area contributed by atoms with Crippen LogP contribution in [-0.2, 0) is 34.7 Å². The Bertz CT molecular complexity index is 1290. The summed E-state index contributed by atoms with van der Waals surface area (Å²) in [7, 11) is -2.19. The summed E-state index contributed by atoms with van der Waals surface area (Å²) in [6.45, 7) is 0. The van der Waals surface area contributed by atoms with E-state index in [0.29, 0.717) is 16.2 Å². The van der Waals surface area contributed by atoms with Gasteiger partial charge < -0.3 is 5.32 Å². The van der Waals surface area contributed by atoms with Gasteiger partial charge in [0.2, 0.25) is 15.9 Å². The third-order valence-corrected chi connectivity index (χ3v) is 7.81. The molecule has 11 heteroatoms. The predicted molar refractivity (Wildman–Crippen MR) is 114 cm³/mol. The van der Waals surface area contributed by atoms with E-state index in [2.05, 4.69) is 10.3 Å². The van der Waals surface area contributed by atoms with Crippen molar-refractivity contribution in [3.8, 4) is 0 Å². The first kappa shape index (κ1) is 20.1. The summed E-state index contributed by atoms with van der Waals surface area (Å²) in [5, 5.41) is 8.92. The number of fused-ring (bicyclic) bond motifs is 3. The smallest absolute Gasteiger partial charge is 0.262 e. The van der Waals surface area contributed by atoms with E-state index in [9.17, 15) is 18.0 Å². The molecule has 0 aliphatic heterocycles. The van der Waals surface area contributed by atoms with Crippen LogP contribution in [-0.4, -0.2) is 29.6 Å². The second-order valence-electron chi connectivity index (χ2n) is 6.71. The lowest BCUT2D eigenvalue weighted by Gasteiger charge is -2.09. The van der Waals surface area contributed by atoms with E-state index in [1.165, 1.54) is 27.6 Å². The van der Waals surface area contributed by atoms with Crippen LogP contribution in [0.5, 0.6) is 0 Å². The normalized spacial score (nSPS) is 13.6. The van der Waals surface area contributed by atoms with Gasteiger partial charge in [-0.25, -0.2) is 18.5 Å². The molecule has 4 rings (SSSR count). The van der Waals surface area contributed by atoms with Crippen LogP contribution >= 0.6 is 23.1 Å². The van der Waals surface area contributed by atoms with Gasteiger partial charge in [0, 0.05) is 17.6 Å². The highest BCUT2D eigenvalue weighted by molar-refractivity contribution is 7.99. The summed E-state index contributed by atoms with van der Waals surface area (Å²) >= 11 is 2.71. The Balaban J connectivity index is 1.51. The second-order valence-corrected chi connectivity index (χ2v) is 10.3. The predicted octanol–water partition coefficient (Wildman–Crippen LogP) is 1.86. The van der Waals surface area contributed by atoms with Gasteiger partial charge in [-0.3, -0.25) is 14.2 Å². The number of primary sulfonamides is 1. The standard InChI is InChI=1S/C18H18N4O4S3/c1-22-17(24)15-12-6-3-7-13(12)28-16(15)21-18(22)27-9-14(23)20-10-4-2-5-11(8-10)29(19,25)26/h2,4-5,8H,3,6-7,9H2,1H3,(H,20,23)(H2,19,25,26). The van der Waals surface area contributed by atoms with Crippen LogP contribution in [0.25, 0.3) is 10.2 Å². The number of carbonyl (C=O) groups excluding carboxylic acids is 1. The molecular formula is C18H18N4O4S3. The van der Waals surface area contributed by atoms with Gasteiger partial charge >= 0.3 is 0 Å². The Morgan fingerprint density at radius 3 is 2.93 bits per heavy atom. The van der Waals surface area contributed by atoms with Crippen molar-refractivity contribution in [3.05, 3.63) is 45.1 Å². The van der Waals surface area contributed by atoms with Gasteiger partial charge in [-0.2, -0.15) is 0 Å². The molecule has 0 bridgehead atoms. The number of aromatic nitrogens is 2. The van der Waals surface area contributed by atoms with Gasteiger partial charge in [-0.1, -0.05) is 17.8 Å². The van der Waals surface area contributed by atoms with Gasteiger partial charge in [0.1, 0.15) is 4.83 Å². The maximum Gasteiger partial charge on any atom is 0.262 e. The van der Waals surface area contributed by atoms with Gasteiger partial charge in [-0.15, -0.1) is 11.3 Å². The molecule has 8 nitrogen and oxygen atoms in total. The molecule has 152 valence electrons. The lowest BCUT2D eigenvalue weighted by molar-refractivity contribution is -0.113. The van der Waals surface area contributed by atoms with Crippen LogP contribution in [0.4, 0.5) is 5.69 Å². The molecule has 1 aliphatic carbocycles. The monoisotopic (exact) mass is 450 g/mol. The molecule has 0 saturated carbocycles. The van der Waals surface area contributed by atoms with Crippen molar-refractivity contribution in [3.63, 3.8) is 0 Å². The van der Waals surface area contributed by atoms with Crippen LogP contribution in [0, 0.1) is 0 Å². The molecule has 0 spiro atoms. The van der Waals surface area contributed by atoms with Crippen molar-refractivity contribution < 1.29 is 13.2 Å². The number of benzene rings is 1. The Kier molecular flexibility index (Phi) is 5.23. The molecule has 0 atom stereocenters. The second kappa shape index (κ2) is 7.56. The highest BCUT2D eigenvalue weighted by atomic mass is 32.2. The maximum absolute atomic E-state index is 12.8. The zero-order chi connectivity index (χ0) is 20.8. The van der Waals surface area contributed by atoms with Crippen LogP contribution in [0.1, 0.15) is 16.9 Å². The number of amides is 1. The molecular weight excluding hydrogens is 432 g/mol. The Morgan fingerprint density at radius 2 is 2.17 bits per heavy atom. The molecule has 0 fully saturated rings. The number of carbonyl (C=O) groups is 1. The fraction of sp³-hybridized carbons (Fsp3) is 0.278. The average Bonchev–Trinajstić information content (AvgIpc) is 3.23. The Morgan fingerprint density at radius 1 is 1.38 bits per heavy atom. The van der Waals surface area contributed by atoms with Crippen LogP contribution in [0.3, 0.4) is 0 Å². The molecule has 3 aromatic rings. The summed E-state index contributed by atoms with van der Waals surface area (Å²) in [4.78, 5) is 31.6. The van der Waals surface area contributed by atoms with Gasteiger partial charge in [0.05, 0.1) is 16.0 Å². The van der Waals surface area contributed by atoms with Crippen molar-refractivity contribution in [2.75, 3.05) is 11.1 Å². The topological polar surface area (TPSA) is 124 Å². The molecule has 0 radical (unpaired) electrons. The minimum atomic E-state index is -3.85. The largest absolute Gasteiger partial charge is 0.325 e. The third-order valence-electron chi connectivity index (χ3n) is 4.68. The van der Waals surface area contributed by atoms with E-state index in [4.69, 9.17) is 5.14 Å². The number of sulfonamides is 1. The van der Waals surface area contributed by atoms with Gasteiger partial charge in [-0.05, 0) is 43.0 Å². The summed E-state index contributed by atoms with van der Waals surface area (Å²) < 4.78 is 24.3. The zero-order valence-corrected chi connectivity index (χ0v) is 17.9. The van der Waals surface area contributed by atoms with E-state index in [1.807, 2.05) is 0 Å². The SMILES string of the molecule is Cn1c(SCC(=O)Nc2cccc(S(N)(=O)=O)c2)nc2sc3c(c2c1=O)CCC3. The molecule has 2 heterocycles. The first-order valence-electron chi connectivity index (χ1n) is 8.81. The molecule has 29 heavy (non-hydrogen) atoms. The van der Waals surface area contributed by atoms with Crippen molar-refractivity contribution in [1.29, 1.82) is 0 Å². The molecule has 0 saturated heterocycles. The molecule has 1 aromatic carbocycles. The van der Waals surface area contributed by atoms with Crippen LogP contribution in [0.15, 0.2) is 39.1 Å². The van der Waals surface area contributed by atoms with E-state index in [0.717, 1.165) is 41.4 Å². The summed E-state index contributed by atoms with van der Waals surface area (Å²) in [6, 6.07) is 5.72. The molecule has 1 amide bonds. The summed E-state index contributed by atoms with van der Waals surface area (Å²) in [5.41, 5.74) is 1.37. The summed E-state index contributed by atoms with van der Waals surface area (Å²) in [5.74, 6) is -0.319. The molecule has 1 aliphatic rings. The zero-order valence-electron chi connectivity index (χ0n) is 15.5. The van der Waals surface area contributed by atoms with E-state index >= 15 is 0 Å². The summed E-state index contributed by atoms with van der Waals surface area (Å²) in [6.07, 6.45) is 2.98. The average molecular weight is 451 g/mol. The number of nitrogens with zero attached hydrogens (tertiary/aromatic N) is 2. The maximum atomic E-state index is 12.8. The molecule has 2 aromatic heterocycles. The number of rotatable bonds is 5. The van der Waals surface area contributed by atoms with Crippen molar-refractivity contribution in [2.45, 2.75) is 29.3 Å². The lowest BCUT2D eigenvalue weighted by Crippen LogP contribution is -2.21. The first-order valence-corrected chi connectivity index (χ1v) is 12.2. The number of thiophene rings is 1. The van der Waals surface area contributed by atoms with Crippen molar-refractivity contribution in [1.82, 2.24) is 9.55 Å². The number of aryl methyl sites for hydroxylation is 2. The van der Waals surface area contributed by atoms with Gasteiger partial charge in [0.25, 0.3) is 5.56 Å². The molecule has 0 unspecified atom stereocenters. The van der Waals surface area contributed by atoms with Crippen molar-refractivity contribution >= 4 is 54.9 Å². The fourth-order valence-electron chi connectivity index (χ4n) is 3.31. The Labute approximate surface area is 175 Å². The van der Waals surface area contributed by atoms with Crippen LogP contribution < -0.4 is 16.0 Å². The minimum absolute atomic E-state index is 0.0243. The first-order chi connectivity index (χ1) is 13.7. The molecule has 3 N–H and O–H groups in total. The van der Waals surface area contributed by atoms with E-state index < -0.39 is 10.0 Å². The Hall–Kier alpha value is -2.21. The third kappa shape index (κ3) is 3.95. The highest BCUT2D eigenvalue weighted by Gasteiger charge is 2.22. The van der Waals surface area contributed by atoms with E-state index in [1.54, 1.807) is 24.5 Å². The number of hydrogen-bond donors (Lipinski definition) is 2. The highest BCUT2D eigenvalue weighted by Crippen LogP contribution is 2.35. The van der Waals surface area contributed by atoms with Gasteiger partial charge in [0.15, 0.2) is 5.16 Å². The quantitative estimate of drug-likeness (QED) is 0.452. The lowest BCUT2D eigenvalue weighted by atomic mass is 10.2. The van der Waals surface area contributed by atoms with Crippen molar-refractivity contribution in [2.24, 2.45) is 12.2 Å². The van der Waals surface area contributed by atoms with E-state index in [-0.39, 0.29) is 22.1 Å².